The van der Waals surface area contributed by atoms with Crippen molar-refractivity contribution >= 4 is 12.4 Å². The third kappa shape index (κ3) is 9.42. The molecule has 6 heteroatoms. The smallest absolute Gasteiger partial charge is 0.303 e. The zero-order chi connectivity index (χ0) is 15.3. The lowest BCUT2D eigenvalue weighted by Crippen LogP contribution is -2.24. The Labute approximate surface area is 126 Å². The van der Waals surface area contributed by atoms with Crippen LogP contribution in [0.2, 0.25) is 0 Å². The first-order valence-corrected chi connectivity index (χ1v) is 7.76. The van der Waals surface area contributed by atoms with Crippen LogP contribution in [0.25, 0.3) is 0 Å². The number of amides is 1. The molecule has 0 aliphatic heterocycles. The number of nitrogens with one attached hydrogen (secondary N) is 1. The van der Waals surface area contributed by atoms with Crippen molar-refractivity contribution in [3.05, 3.63) is 0 Å². The van der Waals surface area contributed by atoms with Crippen LogP contribution in [-0.4, -0.2) is 50.5 Å². The van der Waals surface area contributed by atoms with E-state index in [0.29, 0.717) is 44.4 Å². The second kappa shape index (κ2) is 11.5. The molecule has 0 bridgehead atoms. The summed E-state index contributed by atoms with van der Waals surface area (Å²) in [5, 5.41) is 11.1. The van der Waals surface area contributed by atoms with E-state index >= 15 is 0 Å². The van der Waals surface area contributed by atoms with Crippen molar-refractivity contribution < 1.29 is 24.2 Å². The van der Waals surface area contributed by atoms with Crippen molar-refractivity contribution in [2.45, 2.75) is 38.5 Å². The van der Waals surface area contributed by atoms with Gasteiger partial charge in [0.2, 0.25) is 6.41 Å². The van der Waals surface area contributed by atoms with E-state index in [1.165, 1.54) is 0 Å². The topological polar surface area (TPSA) is 84.9 Å². The maximum atomic E-state index is 10.4. The van der Waals surface area contributed by atoms with Gasteiger partial charge in [-0.05, 0) is 43.9 Å². The summed E-state index contributed by atoms with van der Waals surface area (Å²) < 4.78 is 11.1. The molecule has 122 valence electrons. The zero-order valence-corrected chi connectivity index (χ0v) is 12.6. The van der Waals surface area contributed by atoms with Gasteiger partial charge in [0, 0.05) is 32.8 Å². The molecule has 0 aromatic heterocycles. The first-order chi connectivity index (χ1) is 10.2. The van der Waals surface area contributed by atoms with Crippen LogP contribution < -0.4 is 5.32 Å². The second-order valence-electron chi connectivity index (χ2n) is 5.61. The Morgan fingerprint density at radius 1 is 1.10 bits per heavy atom. The standard InChI is InChI=1S/C15H27NO5/c17-12-16-7-9-21-11-14-5-3-13(4-6-14)10-20-8-1-2-15(18)19/h12-14H,1-11H2,(H,16,17)(H,18,19). The highest BCUT2D eigenvalue weighted by atomic mass is 16.5. The molecule has 0 radical (unpaired) electrons. The molecule has 0 unspecified atom stereocenters. The number of carboxylic acids is 1. The first-order valence-electron chi connectivity index (χ1n) is 7.76. The minimum atomic E-state index is -0.762. The maximum absolute atomic E-state index is 10.4. The lowest BCUT2D eigenvalue weighted by Gasteiger charge is -2.28. The molecule has 1 amide bonds. The van der Waals surface area contributed by atoms with Gasteiger partial charge in [-0.25, -0.2) is 0 Å². The van der Waals surface area contributed by atoms with E-state index in [0.717, 1.165) is 38.9 Å². The van der Waals surface area contributed by atoms with Crippen molar-refractivity contribution in [2.75, 3.05) is 33.0 Å². The molecule has 0 aromatic carbocycles. The van der Waals surface area contributed by atoms with E-state index in [1.54, 1.807) is 0 Å². The fraction of sp³-hybridized carbons (Fsp3) is 0.867. The van der Waals surface area contributed by atoms with Crippen LogP contribution in [0.15, 0.2) is 0 Å². The lowest BCUT2D eigenvalue weighted by molar-refractivity contribution is -0.137. The Hall–Kier alpha value is -1.14. The van der Waals surface area contributed by atoms with Gasteiger partial charge in [0.25, 0.3) is 0 Å². The van der Waals surface area contributed by atoms with Crippen molar-refractivity contribution in [2.24, 2.45) is 11.8 Å². The summed E-state index contributed by atoms with van der Waals surface area (Å²) >= 11 is 0. The van der Waals surface area contributed by atoms with Crippen LogP contribution in [0.5, 0.6) is 0 Å². The van der Waals surface area contributed by atoms with Crippen LogP contribution in [0.1, 0.15) is 38.5 Å². The number of carboxylic acid groups (broad SMARTS) is 1. The number of hydrogen-bond donors (Lipinski definition) is 2. The molecular weight excluding hydrogens is 274 g/mol. The third-order valence-electron chi connectivity index (χ3n) is 3.83. The molecule has 0 aromatic rings. The summed E-state index contributed by atoms with van der Waals surface area (Å²) in [6.45, 7) is 3.20. The average molecular weight is 301 g/mol. The van der Waals surface area contributed by atoms with Crippen molar-refractivity contribution in [3.8, 4) is 0 Å². The Morgan fingerprint density at radius 3 is 2.19 bits per heavy atom. The van der Waals surface area contributed by atoms with Gasteiger partial charge in [-0.15, -0.1) is 0 Å². The molecule has 6 nitrogen and oxygen atoms in total. The van der Waals surface area contributed by atoms with Crippen LogP contribution in [0.4, 0.5) is 0 Å². The fourth-order valence-electron chi connectivity index (χ4n) is 2.58. The molecule has 1 aliphatic carbocycles. The van der Waals surface area contributed by atoms with Gasteiger partial charge in [-0.3, -0.25) is 9.59 Å². The van der Waals surface area contributed by atoms with Gasteiger partial charge in [-0.2, -0.15) is 0 Å². The van der Waals surface area contributed by atoms with E-state index in [9.17, 15) is 9.59 Å². The molecule has 21 heavy (non-hydrogen) atoms. The van der Waals surface area contributed by atoms with Crippen molar-refractivity contribution in [1.82, 2.24) is 5.32 Å². The van der Waals surface area contributed by atoms with Crippen LogP contribution in [-0.2, 0) is 19.1 Å². The minimum Gasteiger partial charge on any atom is -0.481 e. The highest BCUT2D eigenvalue weighted by Gasteiger charge is 2.21. The van der Waals surface area contributed by atoms with Gasteiger partial charge in [0.1, 0.15) is 0 Å². The summed E-state index contributed by atoms with van der Waals surface area (Å²) in [6, 6.07) is 0. The molecule has 1 rings (SSSR count). The summed E-state index contributed by atoms with van der Waals surface area (Å²) in [4.78, 5) is 20.4. The number of hydrogen-bond acceptors (Lipinski definition) is 4. The van der Waals surface area contributed by atoms with Gasteiger partial charge < -0.3 is 19.9 Å². The van der Waals surface area contributed by atoms with E-state index in [2.05, 4.69) is 5.32 Å². The van der Waals surface area contributed by atoms with Crippen LogP contribution in [0, 0.1) is 11.8 Å². The predicted molar refractivity (Wildman–Crippen MR) is 78.0 cm³/mol. The summed E-state index contributed by atoms with van der Waals surface area (Å²) in [5.74, 6) is 0.453. The lowest BCUT2D eigenvalue weighted by atomic mass is 9.83. The van der Waals surface area contributed by atoms with E-state index < -0.39 is 5.97 Å². The summed E-state index contributed by atoms with van der Waals surface area (Å²) in [6.07, 6.45) is 6.08. The Bertz CT molecular complexity index is 290. The number of aliphatic carboxylic acids is 1. The normalized spacial score (nSPS) is 21.9. The summed E-state index contributed by atoms with van der Waals surface area (Å²) in [5.41, 5.74) is 0. The molecule has 0 atom stereocenters. The van der Waals surface area contributed by atoms with Gasteiger partial charge >= 0.3 is 5.97 Å². The first kappa shape index (κ1) is 17.9. The molecule has 1 fully saturated rings. The van der Waals surface area contributed by atoms with E-state index in [1.807, 2.05) is 0 Å². The average Bonchev–Trinajstić information content (AvgIpc) is 2.48. The van der Waals surface area contributed by atoms with Crippen LogP contribution in [0.3, 0.4) is 0 Å². The van der Waals surface area contributed by atoms with Gasteiger partial charge in [0.15, 0.2) is 0 Å². The molecule has 0 saturated heterocycles. The number of ether oxygens (including phenoxy) is 2. The zero-order valence-electron chi connectivity index (χ0n) is 12.6. The molecule has 0 heterocycles. The minimum absolute atomic E-state index is 0.184. The Kier molecular flexibility index (Phi) is 9.82. The maximum Gasteiger partial charge on any atom is 0.303 e. The number of rotatable bonds is 12. The van der Waals surface area contributed by atoms with Gasteiger partial charge in [-0.1, -0.05) is 0 Å². The molecule has 1 saturated carbocycles. The monoisotopic (exact) mass is 301 g/mol. The third-order valence-corrected chi connectivity index (χ3v) is 3.83. The van der Waals surface area contributed by atoms with E-state index in [4.69, 9.17) is 14.6 Å². The Morgan fingerprint density at radius 2 is 1.67 bits per heavy atom. The molecule has 1 aliphatic rings. The Balaban J connectivity index is 1.94. The quantitative estimate of drug-likeness (QED) is 0.421. The SMILES string of the molecule is O=CNCCOCC1CCC(COCCCC(=O)O)CC1. The van der Waals surface area contributed by atoms with Gasteiger partial charge in [0.05, 0.1) is 6.61 Å². The highest BCUT2D eigenvalue weighted by Crippen LogP contribution is 2.29. The largest absolute Gasteiger partial charge is 0.481 e. The predicted octanol–water partition coefficient (Wildman–Crippen LogP) is 1.44. The molecule has 0 spiro atoms. The van der Waals surface area contributed by atoms with Crippen molar-refractivity contribution in [3.63, 3.8) is 0 Å². The highest BCUT2D eigenvalue weighted by molar-refractivity contribution is 5.66. The van der Waals surface area contributed by atoms with Crippen LogP contribution >= 0.6 is 0 Å². The molecular formula is C15H27NO5. The van der Waals surface area contributed by atoms with Crippen molar-refractivity contribution in [1.29, 1.82) is 0 Å². The fourth-order valence-corrected chi connectivity index (χ4v) is 2.58. The summed E-state index contributed by atoms with van der Waals surface area (Å²) in [7, 11) is 0. The molecule has 2 N–H and O–H groups in total. The van der Waals surface area contributed by atoms with E-state index in [-0.39, 0.29) is 6.42 Å². The number of carbonyl (C=O) groups excluding carboxylic acids is 1. The number of carbonyl (C=O) groups is 2. The second-order valence-corrected chi connectivity index (χ2v) is 5.61.